The summed E-state index contributed by atoms with van der Waals surface area (Å²) in [6.07, 6.45) is 0. The fraction of sp³-hybridized carbons (Fsp3) is 0.471. The Bertz CT molecular complexity index is 705. The van der Waals surface area contributed by atoms with E-state index in [9.17, 15) is 14.4 Å². The molecule has 4 atom stereocenters. The van der Waals surface area contributed by atoms with Gasteiger partial charge in [0.05, 0.1) is 18.4 Å². The van der Waals surface area contributed by atoms with E-state index in [0.29, 0.717) is 5.02 Å². The molecular weight excluding hydrogens is 332 g/mol. The molecule has 7 heteroatoms. The Hall–Kier alpha value is -1.92. The van der Waals surface area contributed by atoms with Crippen LogP contribution in [0.1, 0.15) is 25.5 Å². The van der Waals surface area contributed by atoms with Gasteiger partial charge in [-0.25, -0.2) is 0 Å². The van der Waals surface area contributed by atoms with E-state index >= 15 is 0 Å². The number of amides is 2. The molecule has 2 heterocycles. The van der Waals surface area contributed by atoms with Crippen molar-refractivity contribution in [1.29, 1.82) is 0 Å². The number of hydrogen-bond donors (Lipinski definition) is 1. The third-order valence-corrected chi connectivity index (χ3v) is 5.19. The van der Waals surface area contributed by atoms with Gasteiger partial charge in [-0.05, 0) is 31.5 Å². The number of nitrogens with zero attached hydrogens (tertiary/aromatic N) is 1. The first kappa shape index (κ1) is 16.9. The average Bonchev–Trinajstić information content (AvgIpc) is 2.99. The number of nitrogens with one attached hydrogen (secondary N) is 1. The first-order valence-electron chi connectivity index (χ1n) is 7.83. The molecule has 2 amide bonds. The van der Waals surface area contributed by atoms with Crippen LogP contribution < -0.4 is 5.32 Å². The SMILES string of the molecule is CCOC(=O)[C@]1(C)N[C@@H](c2ccc(Cl)cc2)[C@H]2C(=O)N(C)C(=O)[C@@H]21. The molecule has 128 valence electrons. The van der Waals surface area contributed by atoms with Crippen LogP contribution in [0.2, 0.25) is 5.02 Å². The minimum Gasteiger partial charge on any atom is -0.465 e. The third-order valence-electron chi connectivity index (χ3n) is 4.94. The summed E-state index contributed by atoms with van der Waals surface area (Å²) in [5.41, 5.74) is -0.443. The molecule has 0 bridgehead atoms. The first-order valence-corrected chi connectivity index (χ1v) is 8.21. The Labute approximate surface area is 145 Å². The molecular formula is C17H19ClN2O4. The number of carbonyl (C=O) groups is 3. The second-order valence-corrected chi connectivity index (χ2v) is 6.77. The van der Waals surface area contributed by atoms with Gasteiger partial charge < -0.3 is 4.74 Å². The normalized spacial score (nSPS) is 32.2. The van der Waals surface area contributed by atoms with Crippen molar-refractivity contribution in [2.45, 2.75) is 25.4 Å². The Balaban J connectivity index is 2.06. The van der Waals surface area contributed by atoms with Crippen LogP contribution in [0, 0.1) is 11.8 Å². The standard InChI is InChI=1S/C17H19ClN2O4/c1-4-24-16(23)17(2)12-11(14(21)20(3)15(12)22)13(19-17)9-5-7-10(18)8-6-9/h5-8,11-13,19H,4H2,1-3H3/t11-,12+,13-,17+/m0/s1. The van der Waals surface area contributed by atoms with Crippen molar-refractivity contribution in [3.8, 4) is 0 Å². The Morgan fingerprint density at radius 1 is 1.29 bits per heavy atom. The molecule has 1 aromatic rings. The van der Waals surface area contributed by atoms with Crippen LogP contribution >= 0.6 is 11.6 Å². The molecule has 0 saturated carbocycles. The second-order valence-electron chi connectivity index (χ2n) is 6.34. The Kier molecular flexibility index (Phi) is 4.13. The van der Waals surface area contributed by atoms with Crippen molar-refractivity contribution >= 4 is 29.4 Å². The maximum atomic E-state index is 12.6. The topological polar surface area (TPSA) is 75.7 Å². The molecule has 0 aliphatic carbocycles. The van der Waals surface area contributed by atoms with Gasteiger partial charge in [-0.2, -0.15) is 0 Å². The van der Waals surface area contributed by atoms with E-state index in [1.165, 1.54) is 7.05 Å². The minimum atomic E-state index is -1.25. The van der Waals surface area contributed by atoms with E-state index in [1.807, 2.05) is 0 Å². The summed E-state index contributed by atoms with van der Waals surface area (Å²) < 4.78 is 5.15. The Morgan fingerprint density at radius 3 is 2.50 bits per heavy atom. The fourth-order valence-electron chi connectivity index (χ4n) is 3.71. The Morgan fingerprint density at radius 2 is 1.92 bits per heavy atom. The average molecular weight is 351 g/mol. The number of halogens is 1. The summed E-state index contributed by atoms with van der Waals surface area (Å²) >= 11 is 5.93. The van der Waals surface area contributed by atoms with Gasteiger partial charge in [-0.1, -0.05) is 23.7 Å². The molecule has 0 unspecified atom stereocenters. The first-order chi connectivity index (χ1) is 11.3. The van der Waals surface area contributed by atoms with Crippen molar-refractivity contribution < 1.29 is 19.1 Å². The van der Waals surface area contributed by atoms with Crippen LogP contribution in [0.15, 0.2) is 24.3 Å². The molecule has 2 aliphatic rings. The molecule has 0 spiro atoms. The van der Waals surface area contributed by atoms with Crippen molar-refractivity contribution in [3.63, 3.8) is 0 Å². The molecule has 1 N–H and O–H groups in total. The summed E-state index contributed by atoms with van der Waals surface area (Å²) in [6.45, 7) is 3.54. The lowest BCUT2D eigenvalue weighted by atomic mass is 9.80. The van der Waals surface area contributed by atoms with Gasteiger partial charge in [0.15, 0.2) is 0 Å². The molecule has 2 fully saturated rings. The van der Waals surface area contributed by atoms with E-state index in [1.54, 1.807) is 38.1 Å². The monoisotopic (exact) mass is 350 g/mol. The number of benzene rings is 1. The predicted molar refractivity (Wildman–Crippen MR) is 87.1 cm³/mol. The second kappa shape index (κ2) is 5.86. The number of fused-ring (bicyclic) bond motifs is 1. The maximum absolute atomic E-state index is 12.6. The van der Waals surface area contributed by atoms with Crippen LogP contribution in [0.4, 0.5) is 0 Å². The molecule has 0 radical (unpaired) electrons. The summed E-state index contributed by atoms with van der Waals surface area (Å²) in [7, 11) is 1.45. The lowest BCUT2D eigenvalue weighted by Gasteiger charge is -2.28. The number of esters is 1. The van der Waals surface area contributed by atoms with E-state index in [-0.39, 0.29) is 18.4 Å². The molecule has 0 aromatic heterocycles. The number of likely N-dealkylation sites (tertiary alicyclic amines) is 1. The van der Waals surface area contributed by atoms with Gasteiger partial charge in [0.1, 0.15) is 5.54 Å². The van der Waals surface area contributed by atoms with Gasteiger partial charge in [0, 0.05) is 18.1 Å². The zero-order valence-electron chi connectivity index (χ0n) is 13.7. The van der Waals surface area contributed by atoms with Gasteiger partial charge in [0.25, 0.3) is 0 Å². The van der Waals surface area contributed by atoms with Gasteiger partial charge in [0.2, 0.25) is 11.8 Å². The predicted octanol–water partition coefficient (Wildman–Crippen LogP) is 1.54. The summed E-state index contributed by atoms with van der Waals surface area (Å²) in [5, 5.41) is 3.76. The zero-order valence-corrected chi connectivity index (χ0v) is 14.5. The molecule has 2 aliphatic heterocycles. The van der Waals surface area contributed by atoms with Crippen LogP contribution in [0.3, 0.4) is 0 Å². The minimum absolute atomic E-state index is 0.205. The van der Waals surface area contributed by atoms with Crippen molar-refractivity contribution in [2.75, 3.05) is 13.7 Å². The number of hydrogen-bond acceptors (Lipinski definition) is 5. The van der Waals surface area contributed by atoms with Crippen LogP contribution in [-0.2, 0) is 19.1 Å². The molecule has 1 aromatic carbocycles. The van der Waals surface area contributed by atoms with Crippen molar-refractivity contribution in [3.05, 3.63) is 34.9 Å². The van der Waals surface area contributed by atoms with Gasteiger partial charge in [-0.15, -0.1) is 0 Å². The van der Waals surface area contributed by atoms with E-state index in [4.69, 9.17) is 16.3 Å². The van der Waals surface area contributed by atoms with E-state index < -0.39 is 29.4 Å². The third kappa shape index (κ3) is 2.32. The number of ether oxygens (including phenoxy) is 1. The van der Waals surface area contributed by atoms with E-state index in [2.05, 4.69) is 5.32 Å². The molecule has 6 nitrogen and oxygen atoms in total. The van der Waals surface area contributed by atoms with Crippen molar-refractivity contribution in [1.82, 2.24) is 10.2 Å². The summed E-state index contributed by atoms with van der Waals surface area (Å²) in [4.78, 5) is 38.8. The quantitative estimate of drug-likeness (QED) is 0.661. The van der Waals surface area contributed by atoms with Crippen molar-refractivity contribution in [2.24, 2.45) is 11.8 Å². The number of rotatable bonds is 3. The number of carbonyl (C=O) groups excluding carboxylic acids is 3. The summed E-state index contributed by atoms with van der Waals surface area (Å²) in [6, 6.07) is 6.58. The zero-order chi connectivity index (χ0) is 17.6. The lowest BCUT2D eigenvalue weighted by molar-refractivity contribution is -0.155. The highest BCUT2D eigenvalue weighted by atomic mass is 35.5. The highest BCUT2D eigenvalue weighted by Gasteiger charge is 2.66. The van der Waals surface area contributed by atoms with Gasteiger partial charge >= 0.3 is 5.97 Å². The number of imide groups is 1. The molecule has 3 rings (SSSR count). The highest BCUT2D eigenvalue weighted by molar-refractivity contribution is 6.30. The van der Waals surface area contributed by atoms with Crippen LogP contribution in [-0.4, -0.2) is 41.9 Å². The smallest absolute Gasteiger partial charge is 0.326 e. The molecule has 24 heavy (non-hydrogen) atoms. The van der Waals surface area contributed by atoms with Gasteiger partial charge in [-0.3, -0.25) is 24.6 Å². The fourth-order valence-corrected chi connectivity index (χ4v) is 3.83. The molecule has 2 saturated heterocycles. The lowest BCUT2D eigenvalue weighted by Crippen LogP contribution is -2.53. The van der Waals surface area contributed by atoms with Crippen LogP contribution in [0.25, 0.3) is 0 Å². The van der Waals surface area contributed by atoms with Crippen LogP contribution in [0.5, 0.6) is 0 Å². The maximum Gasteiger partial charge on any atom is 0.326 e. The van der Waals surface area contributed by atoms with E-state index in [0.717, 1.165) is 10.5 Å². The highest BCUT2D eigenvalue weighted by Crippen LogP contribution is 2.48. The summed E-state index contributed by atoms with van der Waals surface area (Å²) in [5.74, 6) is -2.59. The largest absolute Gasteiger partial charge is 0.465 e.